The molecule has 0 fully saturated rings. The maximum Gasteiger partial charge on any atom is 0.266 e. The molecule has 0 aromatic heterocycles. The fourth-order valence-corrected chi connectivity index (χ4v) is 3.44. The van der Waals surface area contributed by atoms with Crippen molar-refractivity contribution in [3.05, 3.63) is 131 Å². The van der Waals surface area contributed by atoms with Crippen LogP contribution in [0.2, 0.25) is 0 Å². The van der Waals surface area contributed by atoms with Gasteiger partial charge in [-0.25, -0.2) is 10.9 Å². The molecule has 4 aromatic rings. The molecule has 0 aliphatic heterocycles. The minimum atomic E-state index is -0.491. The fraction of sp³-hybridized carbons (Fsp3) is 0.125. The number of benzene rings is 4. The summed E-state index contributed by atoms with van der Waals surface area (Å²) >= 11 is 0. The van der Waals surface area contributed by atoms with Crippen LogP contribution in [-0.2, 0) is 27.5 Å². The van der Waals surface area contributed by atoms with Gasteiger partial charge < -0.3 is 14.2 Å². The van der Waals surface area contributed by atoms with E-state index in [2.05, 4.69) is 21.1 Å². The highest BCUT2D eigenvalue weighted by Gasteiger charge is 2.04. The summed E-state index contributed by atoms with van der Waals surface area (Å²) < 4.78 is 16.6. The van der Waals surface area contributed by atoms with Gasteiger partial charge in [-0.1, -0.05) is 60.7 Å². The Labute approximate surface area is 238 Å². The van der Waals surface area contributed by atoms with E-state index in [-0.39, 0.29) is 13.2 Å². The molecule has 208 valence electrons. The topological polar surface area (TPSA) is 111 Å². The number of amides is 2. The Morgan fingerprint density at radius 1 is 0.561 bits per heavy atom. The lowest BCUT2D eigenvalue weighted by Gasteiger charge is -2.06. The van der Waals surface area contributed by atoms with Gasteiger partial charge in [0.2, 0.25) is 0 Å². The van der Waals surface area contributed by atoms with E-state index in [9.17, 15) is 9.59 Å². The molecular formula is C32H30N4O5. The van der Waals surface area contributed by atoms with Crippen LogP contribution in [0.25, 0.3) is 0 Å². The molecule has 41 heavy (non-hydrogen) atoms. The second-order valence-electron chi connectivity index (χ2n) is 8.77. The monoisotopic (exact) mass is 550 g/mol. The zero-order chi connectivity index (χ0) is 28.5. The minimum absolute atomic E-state index is 0.328. The van der Waals surface area contributed by atoms with E-state index < -0.39 is 11.8 Å². The second-order valence-corrected chi connectivity index (χ2v) is 8.77. The van der Waals surface area contributed by atoms with Crippen LogP contribution in [0.1, 0.15) is 22.3 Å². The first-order valence-corrected chi connectivity index (χ1v) is 12.9. The lowest BCUT2D eigenvalue weighted by atomic mass is 10.2. The Balaban J connectivity index is 1.07. The van der Waals surface area contributed by atoms with Gasteiger partial charge in [0.25, 0.3) is 11.8 Å². The minimum Gasteiger partial charge on any atom is -0.489 e. The Kier molecular flexibility index (Phi) is 11.2. The quantitative estimate of drug-likeness (QED) is 0.178. The molecule has 0 saturated carbocycles. The summed E-state index contributed by atoms with van der Waals surface area (Å²) in [7, 11) is 0. The van der Waals surface area contributed by atoms with Crippen molar-refractivity contribution in [1.82, 2.24) is 10.9 Å². The number of carbonyl (C=O) groups is 2. The van der Waals surface area contributed by atoms with Crippen molar-refractivity contribution in [2.75, 3.05) is 13.2 Å². The second kappa shape index (κ2) is 16.0. The van der Waals surface area contributed by atoms with Gasteiger partial charge in [-0.3, -0.25) is 9.59 Å². The largest absolute Gasteiger partial charge is 0.489 e. The molecule has 0 unspecified atom stereocenters. The standard InChI is InChI=1S/C32H30N4O5/c37-31(35-33-19-25-11-15-29(16-12-25)40-21-27-7-3-1-4-8-27)23-39-24-32(38)36-34-20-26-13-17-30(18-14-26)41-22-28-9-5-2-6-10-28/h1-20H,21-24H2,(H,35,37)(H,36,38)/b33-19+,34-20+. The molecule has 0 heterocycles. The summed E-state index contributed by atoms with van der Waals surface area (Å²) in [6.45, 7) is 0.304. The first kappa shape index (κ1) is 28.7. The molecule has 0 atom stereocenters. The molecule has 2 N–H and O–H groups in total. The van der Waals surface area contributed by atoms with Gasteiger partial charge in [0.05, 0.1) is 12.4 Å². The van der Waals surface area contributed by atoms with Crippen molar-refractivity contribution in [2.24, 2.45) is 10.2 Å². The van der Waals surface area contributed by atoms with Crippen LogP contribution in [0.5, 0.6) is 11.5 Å². The molecule has 0 radical (unpaired) electrons. The number of hydrazone groups is 2. The number of carbonyl (C=O) groups excluding carboxylic acids is 2. The number of hydrogen-bond donors (Lipinski definition) is 2. The van der Waals surface area contributed by atoms with Crippen molar-refractivity contribution >= 4 is 24.2 Å². The molecule has 0 spiro atoms. The third kappa shape index (κ3) is 10.8. The summed E-state index contributed by atoms with van der Waals surface area (Å²) in [4.78, 5) is 23.8. The lowest BCUT2D eigenvalue weighted by molar-refractivity contribution is -0.130. The Hall–Kier alpha value is -5.28. The van der Waals surface area contributed by atoms with Crippen molar-refractivity contribution in [1.29, 1.82) is 0 Å². The van der Waals surface area contributed by atoms with Gasteiger partial charge in [0.15, 0.2) is 0 Å². The normalized spacial score (nSPS) is 10.9. The Morgan fingerprint density at radius 3 is 1.34 bits per heavy atom. The molecule has 0 aliphatic rings. The predicted molar refractivity (Wildman–Crippen MR) is 157 cm³/mol. The third-order valence-electron chi connectivity index (χ3n) is 5.53. The molecular weight excluding hydrogens is 520 g/mol. The summed E-state index contributed by atoms with van der Waals surface area (Å²) in [6.07, 6.45) is 3.00. The van der Waals surface area contributed by atoms with E-state index in [1.54, 1.807) is 0 Å². The third-order valence-corrected chi connectivity index (χ3v) is 5.53. The highest BCUT2D eigenvalue weighted by molar-refractivity contribution is 5.84. The fourth-order valence-electron chi connectivity index (χ4n) is 3.44. The van der Waals surface area contributed by atoms with Crippen molar-refractivity contribution < 1.29 is 23.8 Å². The van der Waals surface area contributed by atoms with Crippen LogP contribution in [0.4, 0.5) is 0 Å². The number of rotatable bonds is 14. The zero-order valence-electron chi connectivity index (χ0n) is 22.3. The van der Waals surface area contributed by atoms with E-state index in [1.165, 1.54) is 12.4 Å². The van der Waals surface area contributed by atoms with Crippen molar-refractivity contribution in [3.63, 3.8) is 0 Å². The van der Waals surface area contributed by atoms with Gasteiger partial charge in [-0.15, -0.1) is 0 Å². The van der Waals surface area contributed by atoms with Crippen LogP contribution < -0.4 is 20.3 Å². The van der Waals surface area contributed by atoms with E-state index >= 15 is 0 Å². The molecule has 2 amide bonds. The number of nitrogens with one attached hydrogen (secondary N) is 2. The summed E-state index contributed by atoms with van der Waals surface area (Å²) in [5.74, 6) is 0.478. The van der Waals surface area contributed by atoms with E-state index in [0.29, 0.717) is 13.2 Å². The van der Waals surface area contributed by atoms with Crippen molar-refractivity contribution in [2.45, 2.75) is 13.2 Å². The first-order valence-electron chi connectivity index (χ1n) is 12.9. The zero-order valence-corrected chi connectivity index (χ0v) is 22.3. The maximum absolute atomic E-state index is 11.9. The highest BCUT2D eigenvalue weighted by Crippen LogP contribution is 2.14. The van der Waals surface area contributed by atoms with Crippen LogP contribution in [0, 0.1) is 0 Å². The average Bonchev–Trinajstić information content (AvgIpc) is 3.01. The molecule has 0 saturated heterocycles. The van der Waals surface area contributed by atoms with Gasteiger partial charge in [0, 0.05) is 0 Å². The SMILES string of the molecule is O=C(COCC(=O)N/N=C/c1ccc(OCc2ccccc2)cc1)N/N=C/c1ccc(OCc2ccccc2)cc1. The van der Waals surface area contributed by atoms with Gasteiger partial charge >= 0.3 is 0 Å². The molecule has 9 heteroatoms. The maximum atomic E-state index is 11.9. The van der Waals surface area contributed by atoms with Crippen LogP contribution in [0.15, 0.2) is 119 Å². The average molecular weight is 551 g/mol. The van der Waals surface area contributed by atoms with E-state index in [0.717, 1.165) is 33.8 Å². The predicted octanol–water partition coefficient (Wildman–Crippen LogP) is 4.46. The highest BCUT2D eigenvalue weighted by atomic mass is 16.5. The first-order chi connectivity index (χ1) is 20.1. The molecule has 9 nitrogen and oxygen atoms in total. The molecule has 0 aliphatic carbocycles. The van der Waals surface area contributed by atoms with Crippen LogP contribution in [-0.4, -0.2) is 37.5 Å². The lowest BCUT2D eigenvalue weighted by Crippen LogP contribution is -2.28. The Bertz CT molecular complexity index is 1310. The summed E-state index contributed by atoms with van der Waals surface area (Å²) in [5, 5.41) is 7.80. The number of hydrogen-bond acceptors (Lipinski definition) is 7. The summed E-state index contributed by atoms with van der Waals surface area (Å²) in [5.41, 5.74) is 8.44. The van der Waals surface area contributed by atoms with Crippen molar-refractivity contribution in [3.8, 4) is 11.5 Å². The van der Waals surface area contributed by atoms with Gasteiger partial charge in [-0.2, -0.15) is 10.2 Å². The summed E-state index contributed by atoms with van der Waals surface area (Å²) in [6, 6.07) is 34.4. The number of nitrogens with zero attached hydrogens (tertiary/aromatic N) is 2. The smallest absolute Gasteiger partial charge is 0.266 e. The van der Waals surface area contributed by atoms with E-state index in [4.69, 9.17) is 14.2 Å². The molecule has 4 rings (SSSR count). The number of ether oxygens (including phenoxy) is 3. The molecule has 4 aromatic carbocycles. The molecule has 0 bridgehead atoms. The van der Waals surface area contributed by atoms with Gasteiger partial charge in [0.1, 0.15) is 37.9 Å². The van der Waals surface area contributed by atoms with Gasteiger partial charge in [-0.05, 0) is 70.8 Å². The van der Waals surface area contributed by atoms with Crippen LogP contribution >= 0.6 is 0 Å². The van der Waals surface area contributed by atoms with E-state index in [1.807, 2.05) is 109 Å². The Morgan fingerprint density at radius 2 is 0.951 bits per heavy atom. The van der Waals surface area contributed by atoms with Crippen LogP contribution in [0.3, 0.4) is 0 Å².